The van der Waals surface area contributed by atoms with E-state index in [1.807, 2.05) is 30.3 Å². The van der Waals surface area contributed by atoms with Crippen molar-refractivity contribution in [2.24, 2.45) is 0 Å². The number of aryl methyl sites for hydroxylation is 1. The molecule has 4 nitrogen and oxygen atoms in total. The molecule has 132 valence electrons. The molecule has 2 aromatic carbocycles. The van der Waals surface area contributed by atoms with Crippen molar-refractivity contribution >= 4 is 11.6 Å². The number of aromatic amines is 1. The first kappa shape index (κ1) is 17.9. The largest absolute Gasteiger partial charge is 0.487 e. The van der Waals surface area contributed by atoms with Gasteiger partial charge in [0.05, 0.1) is 10.7 Å². The van der Waals surface area contributed by atoms with Crippen LogP contribution in [-0.4, -0.2) is 15.0 Å². The van der Waals surface area contributed by atoms with Crippen LogP contribution in [0.4, 0.5) is 4.39 Å². The van der Waals surface area contributed by atoms with Crippen LogP contribution in [-0.2, 0) is 6.61 Å². The van der Waals surface area contributed by atoms with Gasteiger partial charge in [-0.1, -0.05) is 29.8 Å². The summed E-state index contributed by atoms with van der Waals surface area (Å²) in [5.74, 6) is 0.949. The molecule has 0 bridgehead atoms. The highest BCUT2D eigenvalue weighted by Gasteiger charge is 2.04. The highest BCUT2D eigenvalue weighted by atomic mass is 35.5. The van der Waals surface area contributed by atoms with Crippen LogP contribution in [0.3, 0.4) is 0 Å². The lowest BCUT2D eigenvalue weighted by atomic mass is 10.1. The monoisotopic (exact) mass is 369 g/mol. The Hall–Kier alpha value is -2.92. The fourth-order valence-electron chi connectivity index (χ4n) is 2.32. The van der Waals surface area contributed by atoms with Crippen LogP contribution in [0.1, 0.15) is 11.5 Å². The van der Waals surface area contributed by atoms with Gasteiger partial charge in [-0.3, -0.25) is 0 Å². The van der Waals surface area contributed by atoms with Gasteiger partial charge in [0.2, 0.25) is 0 Å². The maximum absolute atomic E-state index is 13.3. The number of hydrogen-bond acceptors (Lipinski definition) is 3. The average Bonchev–Trinajstić information content (AvgIpc) is 2.72. The van der Waals surface area contributed by atoms with Crippen LogP contribution < -0.4 is 4.74 Å². The molecule has 0 radical (unpaired) electrons. The molecule has 0 saturated heterocycles. The normalized spacial score (nSPS) is 10.3. The number of hydrogen-bond donors (Lipinski definition) is 1. The van der Waals surface area contributed by atoms with Crippen molar-refractivity contribution in [3.63, 3.8) is 0 Å². The number of benzene rings is 2. The van der Waals surface area contributed by atoms with E-state index in [0.29, 0.717) is 34.3 Å². The second kappa shape index (κ2) is 8.45. The van der Waals surface area contributed by atoms with E-state index in [0.717, 1.165) is 5.75 Å². The zero-order valence-corrected chi connectivity index (χ0v) is 14.9. The fourth-order valence-corrected chi connectivity index (χ4v) is 2.59. The highest BCUT2D eigenvalue weighted by molar-refractivity contribution is 6.33. The lowest BCUT2D eigenvalue weighted by Gasteiger charge is -2.04. The molecule has 0 amide bonds. The molecule has 1 N–H and O–H groups in total. The van der Waals surface area contributed by atoms with Gasteiger partial charge in [0, 0.05) is 29.7 Å². The van der Waals surface area contributed by atoms with Crippen molar-refractivity contribution in [3.05, 3.63) is 89.5 Å². The molecule has 6 heteroatoms. The third kappa shape index (κ3) is 4.80. The Morgan fingerprint density at radius 1 is 1.12 bits per heavy atom. The number of H-pyrrole nitrogens is 1. The maximum Gasteiger partial charge on any atom is 0.132 e. The molecule has 0 spiro atoms. The zero-order valence-electron chi connectivity index (χ0n) is 14.1. The fraction of sp³-hybridized carbons (Fsp3) is 0.100. The van der Waals surface area contributed by atoms with Crippen LogP contribution in [0.5, 0.6) is 5.75 Å². The van der Waals surface area contributed by atoms with Crippen LogP contribution in [0.15, 0.2) is 67.1 Å². The van der Waals surface area contributed by atoms with Crippen LogP contribution in [0.2, 0.25) is 5.02 Å². The van der Waals surface area contributed by atoms with E-state index < -0.39 is 0 Å². The SMILES string of the molecule is Cc1ncc(-c2ccc(F)cc2Cl)c[nH]cc(COc2ccccc2)n1. The molecule has 0 atom stereocenters. The Morgan fingerprint density at radius 2 is 1.92 bits per heavy atom. The number of rotatable bonds is 4. The van der Waals surface area contributed by atoms with E-state index in [2.05, 4.69) is 15.0 Å². The van der Waals surface area contributed by atoms with Gasteiger partial charge in [-0.05, 0) is 37.3 Å². The summed E-state index contributed by atoms with van der Waals surface area (Å²) in [6.45, 7) is 2.09. The number of nitrogens with one attached hydrogen (secondary N) is 1. The van der Waals surface area contributed by atoms with Crippen molar-refractivity contribution in [1.82, 2.24) is 15.0 Å². The van der Waals surface area contributed by atoms with Crippen molar-refractivity contribution in [1.29, 1.82) is 0 Å². The Labute approximate surface area is 156 Å². The number of nitrogens with zero attached hydrogens (tertiary/aromatic N) is 2. The Morgan fingerprint density at radius 3 is 2.69 bits per heavy atom. The topological polar surface area (TPSA) is 50.8 Å². The Kier molecular flexibility index (Phi) is 5.81. The minimum absolute atomic E-state index is 0.296. The van der Waals surface area contributed by atoms with Crippen LogP contribution in [0.25, 0.3) is 11.1 Å². The molecule has 0 aliphatic rings. The van der Waals surface area contributed by atoms with Gasteiger partial charge < -0.3 is 9.72 Å². The quantitative estimate of drug-likeness (QED) is 0.681. The Balaban J connectivity index is 1.90. The molecule has 0 saturated carbocycles. The van der Waals surface area contributed by atoms with Crippen molar-refractivity contribution in [2.45, 2.75) is 13.5 Å². The molecule has 1 aromatic heterocycles. The summed E-state index contributed by atoms with van der Waals surface area (Å²) in [7, 11) is 0. The molecular formula is C20H17ClFN3O. The summed E-state index contributed by atoms with van der Waals surface area (Å²) in [5.41, 5.74) is 2.08. The summed E-state index contributed by atoms with van der Waals surface area (Å²) in [6, 6.07) is 13.8. The predicted octanol–water partition coefficient (Wildman–Crippen LogP) is 5.28. The molecule has 0 fully saturated rings. The Bertz CT molecular complexity index is 943. The standard InChI is InChI=1S/C20H17ClFN3O/c1-14-24-11-15(19-8-7-16(22)9-20(19)21)10-23-12-17(25-14)13-26-18-5-3-2-4-6-18/h2-12,23H,13H2,1H3. The first-order chi connectivity index (χ1) is 12.6. The summed E-state index contributed by atoms with van der Waals surface area (Å²) >= 11 is 6.14. The number of halogens is 2. The lowest BCUT2D eigenvalue weighted by Crippen LogP contribution is -1.98. The molecule has 3 rings (SSSR count). The van der Waals surface area contributed by atoms with Crippen LogP contribution in [0, 0.1) is 12.7 Å². The van der Waals surface area contributed by atoms with Gasteiger partial charge in [0.1, 0.15) is 24.0 Å². The van der Waals surface area contributed by atoms with Gasteiger partial charge in [0.25, 0.3) is 0 Å². The molecule has 0 aliphatic carbocycles. The third-order valence-electron chi connectivity index (χ3n) is 3.56. The van der Waals surface area contributed by atoms with Gasteiger partial charge in [-0.2, -0.15) is 0 Å². The van der Waals surface area contributed by atoms with E-state index in [-0.39, 0.29) is 5.82 Å². The van der Waals surface area contributed by atoms with Crippen molar-refractivity contribution in [3.8, 4) is 16.9 Å². The summed E-state index contributed by atoms with van der Waals surface area (Å²) < 4.78 is 19.0. The van der Waals surface area contributed by atoms with E-state index in [1.165, 1.54) is 12.1 Å². The van der Waals surface area contributed by atoms with Crippen molar-refractivity contribution < 1.29 is 9.13 Å². The number of aromatic nitrogens is 3. The summed E-state index contributed by atoms with van der Waals surface area (Å²) in [6.07, 6.45) is 5.11. The molecule has 3 aromatic rings. The zero-order chi connectivity index (χ0) is 18.4. The maximum atomic E-state index is 13.3. The highest BCUT2D eigenvalue weighted by Crippen LogP contribution is 2.26. The first-order valence-corrected chi connectivity index (χ1v) is 8.37. The molecule has 0 aliphatic heterocycles. The molecule has 0 unspecified atom stereocenters. The lowest BCUT2D eigenvalue weighted by molar-refractivity contribution is 0.300. The minimum Gasteiger partial charge on any atom is -0.487 e. The predicted molar refractivity (Wildman–Crippen MR) is 99.9 cm³/mol. The first-order valence-electron chi connectivity index (χ1n) is 8.00. The van der Waals surface area contributed by atoms with E-state index >= 15 is 0 Å². The van der Waals surface area contributed by atoms with E-state index in [1.54, 1.807) is 31.6 Å². The van der Waals surface area contributed by atoms with Gasteiger partial charge >= 0.3 is 0 Å². The average molecular weight is 370 g/mol. The molecule has 1 heterocycles. The summed E-state index contributed by atoms with van der Waals surface area (Å²) in [4.78, 5) is 11.8. The van der Waals surface area contributed by atoms with Gasteiger partial charge in [0.15, 0.2) is 0 Å². The van der Waals surface area contributed by atoms with Gasteiger partial charge in [-0.25, -0.2) is 14.4 Å². The van der Waals surface area contributed by atoms with Crippen molar-refractivity contribution in [2.75, 3.05) is 0 Å². The van der Waals surface area contributed by atoms with E-state index in [9.17, 15) is 4.39 Å². The second-order valence-electron chi connectivity index (χ2n) is 5.55. The van der Waals surface area contributed by atoms with Gasteiger partial charge in [-0.15, -0.1) is 0 Å². The molecule has 26 heavy (non-hydrogen) atoms. The summed E-state index contributed by atoms with van der Waals surface area (Å²) in [5, 5.41) is 0.315. The minimum atomic E-state index is -0.384. The second-order valence-corrected chi connectivity index (χ2v) is 5.95. The smallest absolute Gasteiger partial charge is 0.132 e. The van der Waals surface area contributed by atoms with E-state index in [4.69, 9.17) is 16.3 Å². The number of para-hydroxylation sites is 1. The van der Waals surface area contributed by atoms with Crippen LogP contribution >= 0.6 is 11.6 Å². The third-order valence-corrected chi connectivity index (χ3v) is 3.87. The number of ether oxygens (including phenoxy) is 1. The molecular weight excluding hydrogens is 353 g/mol.